The highest BCUT2D eigenvalue weighted by molar-refractivity contribution is 4.98. The van der Waals surface area contributed by atoms with Crippen LogP contribution in [0.1, 0.15) is 25.5 Å². The van der Waals surface area contributed by atoms with Crippen LogP contribution in [0.15, 0.2) is 22.8 Å². The van der Waals surface area contributed by atoms with Gasteiger partial charge in [-0.25, -0.2) is 0 Å². The van der Waals surface area contributed by atoms with Gasteiger partial charge in [0.15, 0.2) is 0 Å². The molecule has 21 heavy (non-hydrogen) atoms. The molecule has 4 heteroatoms. The van der Waals surface area contributed by atoms with Gasteiger partial charge >= 0.3 is 0 Å². The Kier molecular flexibility index (Phi) is 5.33. The van der Waals surface area contributed by atoms with E-state index in [-0.39, 0.29) is 0 Å². The lowest BCUT2D eigenvalue weighted by molar-refractivity contribution is 0.0853. The van der Waals surface area contributed by atoms with Crippen molar-refractivity contribution in [1.82, 2.24) is 14.7 Å². The molecule has 3 rings (SSSR count). The van der Waals surface area contributed by atoms with E-state index in [1.807, 2.05) is 6.07 Å². The molecule has 0 aromatic carbocycles. The largest absolute Gasteiger partial charge is 0.468 e. The van der Waals surface area contributed by atoms with E-state index in [1.165, 1.54) is 65.2 Å². The van der Waals surface area contributed by atoms with E-state index >= 15 is 0 Å². The molecule has 1 aromatic rings. The van der Waals surface area contributed by atoms with Crippen molar-refractivity contribution in [3.8, 4) is 0 Å². The van der Waals surface area contributed by atoms with E-state index in [0.29, 0.717) is 0 Å². The van der Waals surface area contributed by atoms with Crippen LogP contribution in [0.4, 0.5) is 0 Å². The van der Waals surface area contributed by atoms with Crippen LogP contribution >= 0.6 is 0 Å². The predicted molar refractivity (Wildman–Crippen MR) is 85.3 cm³/mol. The number of rotatable bonds is 5. The van der Waals surface area contributed by atoms with Crippen molar-refractivity contribution in [2.24, 2.45) is 5.92 Å². The minimum absolute atomic E-state index is 0.885. The summed E-state index contributed by atoms with van der Waals surface area (Å²) in [5, 5.41) is 0. The first-order valence-corrected chi connectivity index (χ1v) is 8.53. The fourth-order valence-electron chi connectivity index (χ4n) is 3.71. The molecular weight excluding hydrogens is 262 g/mol. The van der Waals surface area contributed by atoms with E-state index in [2.05, 4.69) is 27.7 Å². The van der Waals surface area contributed by atoms with Crippen LogP contribution in [0.2, 0.25) is 0 Å². The third-order valence-corrected chi connectivity index (χ3v) is 4.99. The second kappa shape index (κ2) is 7.43. The normalized spacial score (nSPS) is 26.2. The Hall–Kier alpha value is -0.840. The van der Waals surface area contributed by atoms with Gasteiger partial charge < -0.3 is 14.2 Å². The average molecular weight is 291 g/mol. The molecule has 2 aliphatic rings. The summed E-state index contributed by atoms with van der Waals surface area (Å²) in [4.78, 5) is 7.79. The topological polar surface area (TPSA) is 22.9 Å². The highest BCUT2D eigenvalue weighted by Gasteiger charge is 2.23. The van der Waals surface area contributed by atoms with Crippen LogP contribution in [-0.2, 0) is 6.54 Å². The molecule has 2 aliphatic heterocycles. The lowest BCUT2D eigenvalue weighted by atomic mass is 9.97. The molecule has 0 saturated carbocycles. The number of piperidine rings is 1. The average Bonchev–Trinajstić information content (AvgIpc) is 3.02. The van der Waals surface area contributed by atoms with E-state index in [1.54, 1.807) is 6.26 Å². The molecule has 2 saturated heterocycles. The van der Waals surface area contributed by atoms with E-state index in [4.69, 9.17) is 4.42 Å². The summed E-state index contributed by atoms with van der Waals surface area (Å²) >= 11 is 0. The monoisotopic (exact) mass is 291 g/mol. The molecule has 1 aromatic heterocycles. The molecule has 1 atom stereocenters. The van der Waals surface area contributed by atoms with Crippen LogP contribution in [0.3, 0.4) is 0 Å². The third-order valence-electron chi connectivity index (χ3n) is 4.99. The molecule has 0 spiro atoms. The Morgan fingerprint density at radius 1 is 1.10 bits per heavy atom. The SMILES string of the molecule is CCN1CCC[C@H](CN2CCN(Cc3ccco3)CC2)C1. The molecule has 0 bridgehead atoms. The first kappa shape index (κ1) is 15.1. The molecule has 0 unspecified atom stereocenters. The number of furan rings is 1. The van der Waals surface area contributed by atoms with E-state index in [9.17, 15) is 0 Å². The number of nitrogens with zero attached hydrogens (tertiary/aromatic N) is 3. The van der Waals surface area contributed by atoms with Crippen molar-refractivity contribution in [2.75, 3.05) is 52.4 Å². The van der Waals surface area contributed by atoms with Crippen molar-refractivity contribution in [3.63, 3.8) is 0 Å². The molecule has 4 nitrogen and oxygen atoms in total. The summed E-state index contributed by atoms with van der Waals surface area (Å²) in [5.74, 6) is 1.98. The van der Waals surface area contributed by atoms with Crippen LogP contribution in [-0.4, -0.2) is 67.1 Å². The molecule has 0 N–H and O–H groups in total. The van der Waals surface area contributed by atoms with Gasteiger partial charge in [-0.05, 0) is 44.0 Å². The summed E-state index contributed by atoms with van der Waals surface area (Å²) < 4.78 is 5.45. The van der Waals surface area contributed by atoms with Gasteiger partial charge in [0.2, 0.25) is 0 Å². The molecule has 118 valence electrons. The fourth-order valence-corrected chi connectivity index (χ4v) is 3.71. The number of likely N-dealkylation sites (tertiary alicyclic amines) is 1. The van der Waals surface area contributed by atoms with Gasteiger partial charge in [-0.1, -0.05) is 6.92 Å². The van der Waals surface area contributed by atoms with Gasteiger partial charge in [0, 0.05) is 39.3 Å². The smallest absolute Gasteiger partial charge is 0.117 e. The van der Waals surface area contributed by atoms with E-state index in [0.717, 1.165) is 18.2 Å². The lowest BCUT2D eigenvalue weighted by Crippen LogP contribution is -2.49. The third kappa shape index (κ3) is 4.31. The predicted octanol–water partition coefficient (Wildman–Crippen LogP) is 2.13. The summed E-state index contributed by atoms with van der Waals surface area (Å²) in [6, 6.07) is 4.06. The highest BCUT2D eigenvalue weighted by atomic mass is 16.3. The molecule has 0 aliphatic carbocycles. The summed E-state index contributed by atoms with van der Waals surface area (Å²) in [5.41, 5.74) is 0. The van der Waals surface area contributed by atoms with Crippen molar-refractivity contribution in [1.29, 1.82) is 0 Å². The Morgan fingerprint density at radius 3 is 2.62 bits per heavy atom. The second-order valence-electron chi connectivity index (χ2n) is 6.56. The van der Waals surface area contributed by atoms with Gasteiger partial charge in [0.25, 0.3) is 0 Å². The van der Waals surface area contributed by atoms with Crippen molar-refractivity contribution in [2.45, 2.75) is 26.3 Å². The first-order chi connectivity index (χ1) is 10.3. The molecular formula is C17H29N3O. The number of hydrogen-bond acceptors (Lipinski definition) is 4. The zero-order valence-electron chi connectivity index (χ0n) is 13.3. The van der Waals surface area contributed by atoms with Gasteiger partial charge in [0.1, 0.15) is 5.76 Å². The summed E-state index contributed by atoms with van der Waals surface area (Å²) in [7, 11) is 0. The first-order valence-electron chi connectivity index (χ1n) is 8.53. The maximum atomic E-state index is 5.45. The second-order valence-corrected chi connectivity index (χ2v) is 6.56. The van der Waals surface area contributed by atoms with Gasteiger partial charge in [-0.3, -0.25) is 4.90 Å². The van der Waals surface area contributed by atoms with E-state index < -0.39 is 0 Å². The lowest BCUT2D eigenvalue weighted by Gasteiger charge is -2.39. The minimum Gasteiger partial charge on any atom is -0.468 e. The quantitative estimate of drug-likeness (QED) is 0.829. The zero-order chi connectivity index (χ0) is 14.5. The van der Waals surface area contributed by atoms with Crippen LogP contribution in [0.25, 0.3) is 0 Å². The van der Waals surface area contributed by atoms with Crippen molar-refractivity contribution < 1.29 is 4.42 Å². The Morgan fingerprint density at radius 2 is 1.90 bits per heavy atom. The Balaban J connectivity index is 1.39. The van der Waals surface area contributed by atoms with Crippen molar-refractivity contribution in [3.05, 3.63) is 24.2 Å². The molecule has 0 amide bonds. The maximum Gasteiger partial charge on any atom is 0.117 e. The minimum atomic E-state index is 0.885. The van der Waals surface area contributed by atoms with Crippen LogP contribution in [0, 0.1) is 5.92 Å². The summed E-state index contributed by atoms with van der Waals surface area (Å²) in [6.45, 7) is 13.2. The molecule has 3 heterocycles. The van der Waals surface area contributed by atoms with Gasteiger partial charge in [-0.2, -0.15) is 0 Å². The zero-order valence-corrected chi connectivity index (χ0v) is 13.3. The number of piperazine rings is 1. The van der Waals surface area contributed by atoms with Crippen LogP contribution in [0.5, 0.6) is 0 Å². The molecule has 2 fully saturated rings. The molecule has 0 radical (unpaired) electrons. The van der Waals surface area contributed by atoms with Crippen molar-refractivity contribution >= 4 is 0 Å². The standard InChI is InChI=1S/C17H29N3O/c1-2-18-7-3-5-16(13-18)14-19-8-10-20(11-9-19)15-17-6-4-12-21-17/h4,6,12,16H,2-3,5,7-11,13-15H2,1H3/t16-/m0/s1. The Labute approximate surface area is 128 Å². The maximum absolute atomic E-state index is 5.45. The van der Waals surface area contributed by atoms with Crippen LogP contribution < -0.4 is 0 Å². The Bertz CT molecular complexity index is 398. The van der Waals surface area contributed by atoms with Gasteiger partial charge in [-0.15, -0.1) is 0 Å². The number of hydrogen-bond donors (Lipinski definition) is 0. The van der Waals surface area contributed by atoms with Gasteiger partial charge in [0.05, 0.1) is 12.8 Å². The highest BCUT2D eigenvalue weighted by Crippen LogP contribution is 2.18. The fraction of sp³-hybridized carbons (Fsp3) is 0.765. The summed E-state index contributed by atoms with van der Waals surface area (Å²) in [6.07, 6.45) is 4.58.